The summed E-state index contributed by atoms with van der Waals surface area (Å²) in [6.07, 6.45) is 0.832. The fourth-order valence-corrected chi connectivity index (χ4v) is 4.16. The van der Waals surface area contributed by atoms with Crippen molar-refractivity contribution in [1.29, 1.82) is 0 Å². The Morgan fingerprint density at radius 1 is 0.773 bits per heavy atom. The first-order valence-electron chi connectivity index (χ1n) is 7.91. The molecule has 2 atom stereocenters. The highest BCUT2D eigenvalue weighted by molar-refractivity contribution is 5.34. The first kappa shape index (κ1) is 15.3. The van der Waals surface area contributed by atoms with Crippen molar-refractivity contribution in [2.45, 2.75) is 45.2 Å². The average molecular weight is 294 g/mol. The van der Waals surface area contributed by atoms with Gasteiger partial charge in [0, 0.05) is 0 Å². The molecular weight excluding hydrogens is 270 g/mol. The van der Waals surface area contributed by atoms with Gasteiger partial charge in [-0.25, -0.2) is 0 Å². The van der Waals surface area contributed by atoms with Crippen LogP contribution >= 0.6 is 0 Å². The first-order chi connectivity index (χ1) is 10.3. The Morgan fingerprint density at radius 2 is 1.23 bits per heavy atom. The number of nitrogens with zero attached hydrogens (tertiary/aromatic N) is 1. The van der Waals surface area contributed by atoms with E-state index in [1.807, 2.05) is 36.4 Å². The third-order valence-electron chi connectivity index (χ3n) is 5.69. The minimum absolute atomic E-state index is 0.124. The van der Waals surface area contributed by atoms with Gasteiger partial charge in [0.15, 0.2) is 0 Å². The Labute approximate surface area is 133 Å². The summed E-state index contributed by atoms with van der Waals surface area (Å²) in [5.41, 5.74) is 1.02. The lowest BCUT2D eigenvalue weighted by atomic mass is 9.69. The molecule has 22 heavy (non-hydrogen) atoms. The van der Waals surface area contributed by atoms with Crippen molar-refractivity contribution >= 4 is 0 Å². The summed E-state index contributed by atoms with van der Waals surface area (Å²) >= 11 is 0. The van der Waals surface area contributed by atoms with Crippen LogP contribution in [0.1, 0.15) is 45.2 Å². The van der Waals surface area contributed by atoms with E-state index in [1.54, 1.807) is 0 Å². The van der Waals surface area contributed by atoms with Crippen molar-refractivity contribution in [3.8, 4) is 0 Å². The molecule has 1 aliphatic heterocycles. The molecule has 3 rings (SSSR count). The molecule has 0 saturated carbocycles. The molecule has 0 unspecified atom stereocenters. The van der Waals surface area contributed by atoms with Crippen molar-refractivity contribution in [1.82, 2.24) is 5.06 Å². The zero-order valence-electron chi connectivity index (χ0n) is 13.8. The van der Waals surface area contributed by atoms with Crippen molar-refractivity contribution in [2.24, 2.45) is 5.41 Å². The van der Waals surface area contributed by atoms with Crippen molar-refractivity contribution in [3.05, 3.63) is 71.8 Å². The Bertz CT molecular complexity index is 652. The smallest absolute Gasteiger partial charge is 0.0775 e. The van der Waals surface area contributed by atoms with E-state index in [4.69, 9.17) is 0 Å². The van der Waals surface area contributed by atoms with Crippen LogP contribution in [0.5, 0.6) is 0 Å². The average Bonchev–Trinajstić information content (AvgIpc) is 2.68. The predicted octanol–water partition coefficient (Wildman–Crippen LogP) is 4.89. The van der Waals surface area contributed by atoms with Crippen LogP contribution < -0.4 is 0 Å². The third kappa shape index (κ3) is 1.94. The Kier molecular flexibility index (Phi) is 3.42. The van der Waals surface area contributed by atoms with Gasteiger partial charge in [-0.3, -0.25) is 0 Å². The number of hydrogen-bond acceptors (Lipinski definition) is 1. The maximum atomic E-state index is 13.5. The highest BCUT2D eigenvalue weighted by Gasteiger charge is 2.62. The second-order valence-electron chi connectivity index (χ2n) is 7.43. The maximum Gasteiger partial charge on any atom is 0.0775 e. The van der Waals surface area contributed by atoms with E-state index >= 15 is 0 Å². The fourth-order valence-electron chi connectivity index (χ4n) is 4.16. The molecule has 1 aliphatic rings. The molecule has 1 heterocycles. The van der Waals surface area contributed by atoms with Crippen LogP contribution in [0.25, 0.3) is 0 Å². The van der Waals surface area contributed by atoms with Gasteiger partial charge in [0.1, 0.15) is 0 Å². The second kappa shape index (κ2) is 4.94. The summed E-state index contributed by atoms with van der Waals surface area (Å²) in [6.45, 7) is 8.58. The maximum absolute atomic E-state index is 13.5. The first-order valence-corrected chi connectivity index (χ1v) is 7.91. The largest absolute Gasteiger partial charge is 0.134 e. The molecule has 1 fully saturated rings. The van der Waals surface area contributed by atoms with E-state index in [0.29, 0.717) is 0 Å². The molecule has 0 spiro atoms. The van der Waals surface area contributed by atoms with Crippen LogP contribution in [-0.4, -0.2) is 5.06 Å². The van der Waals surface area contributed by atoms with Crippen LogP contribution in [0, 0.1) is 5.41 Å². The van der Waals surface area contributed by atoms with Crippen LogP contribution in [0.4, 0.5) is 0 Å². The van der Waals surface area contributed by atoms with E-state index in [2.05, 4.69) is 52.0 Å². The van der Waals surface area contributed by atoms with Gasteiger partial charge in [0.2, 0.25) is 0 Å². The highest BCUT2D eigenvalue weighted by atomic mass is 16.5. The molecule has 2 nitrogen and oxygen atoms in total. The predicted molar refractivity (Wildman–Crippen MR) is 88.5 cm³/mol. The standard InChI is InChI=1S/C20H24NO/c1-18(2)15-19(3,16-11-7-5-8-12-16)21(22)20(18,4)17-13-9-6-10-14-17/h5-14H,15H2,1-4H3/t19-,20+/m0/s1. The van der Waals surface area contributed by atoms with Gasteiger partial charge in [0.05, 0.1) is 11.1 Å². The van der Waals surface area contributed by atoms with E-state index < -0.39 is 11.1 Å². The summed E-state index contributed by atoms with van der Waals surface area (Å²) < 4.78 is 0. The summed E-state index contributed by atoms with van der Waals surface area (Å²) in [5, 5.41) is 14.8. The SMILES string of the molecule is CC1(C)C[C@@](C)(c2ccccc2)N([O])[C@]1(C)c1ccccc1. The molecule has 0 aliphatic carbocycles. The fraction of sp³-hybridized carbons (Fsp3) is 0.400. The number of hydroxylamine groups is 2. The Morgan fingerprint density at radius 3 is 1.73 bits per heavy atom. The van der Waals surface area contributed by atoms with E-state index in [-0.39, 0.29) is 5.41 Å². The molecule has 1 saturated heterocycles. The molecule has 0 N–H and O–H groups in total. The monoisotopic (exact) mass is 294 g/mol. The van der Waals surface area contributed by atoms with Crippen LogP contribution in [0.15, 0.2) is 60.7 Å². The summed E-state index contributed by atoms with van der Waals surface area (Å²) in [5.74, 6) is 0. The Hall–Kier alpha value is -1.64. The summed E-state index contributed by atoms with van der Waals surface area (Å²) in [4.78, 5) is 0. The number of hydrogen-bond donors (Lipinski definition) is 0. The number of rotatable bonds is 2. The lowest BCUT2D eigenvalue weighted by Crippen LogP contribution is -2.48. The highest BCUT2D eigenvalue weighted by Crippen LogP contribution is 2.60. The van der Waals surface area contributed by atoms with Crippen molar-refractivity contribution < 1.29 is 5.21 Å². The van der Waals surface area contributed by atoms with E-state index in [9.17, 15) is 5.21 Å². The molecule has 2 aromatic rings. The quantitative estimate of drug-likeness (QED) is 0.773. The molecule has 0 bridgehead atoms. The zero-order chi connectivity index (χ0) is 16.0. The second-order valence-corrected chi connectivity index (χ2v) is 7.43. The van der Waals surface area contributed by atoms with E-state index in [1.165, 1.54) is 5.06 Å². The van der Waals surface area contributed by atoms with Crippen molar-refractivity contribution in [2.75, 3.05) is 0 Å². The van der Waals surface area contributed by atoms with Crippen LogP contribution in [-0.2, 0) is 16.3 Å². The van der Waals surface area contributed by atoms with Crippen LogP contribution in [0.2, 0.25) is 0 Å². The van der Waals surface area contributed by atoms with Crippen molar-refractivity contribution in [3.63, 3.8) is 0 Å². The lowest BCUT2D eigenvalue weighted by Gasteiger charge is -2.42. The van der Waals surface area contributed by atoms with Gasteiger partial charge in [-0.2, -0.15) is 0 Å². The third-order valence-corrected chi connectivity index (χ3v) is 5.69. The molecule has 1 radical (unpaired) electrons. The van der Waals surface area contributed by atoms with E-state index in [0.717, 1.165) is 17.5 Å². The van der Waals surface area contributed by atoms with Gasteiger partial charge in [0.25, 0.3) is 0 Å². The summed E-state index contributed by atoms with van der Waals surface area (Å²) in [7, 11) is 0. The molecule has 115 valence electrons. The minimum Gasteiger partial charge on any atom is -0.134 e. The number of benzene rings is 2. The molecule has 2 heteroatoms. The molecule has 0 amide bonds. The van der Waals surface area contributed by atoms with Gasteiger partial charge in [-0.15, -0.1) is 10.3 Å². The zero-order valence-corrected chi connectivity index (χ0v) is 13.8. The van der Waals surface area contributed by atoms with Gasteiger partial charge < -0.3 is 0 Å². The summed E-state index contributed by atoms with van der Waals surface area (Å²) in [6, 6.07) is 20.3. The van der Waals surface area contributed by atoms with Gasteiger partial charge in [-0.05, 0) is 36.8 Å². The lowest BCUT2D eigenvalue weighted by molar-refractivity contribution is -0.269. The normalized spacial score (nSPS) is 31.3. The molecule has 2 aromatic carbocycles. The topological polar surface area (TPSA) is 23.1 Å². The molecular formula is C20H24NO. The van der Waals surface area contributed by atoms with Crippen LogP contribution in [0.3, 0.4) is 0 Å². The van der Waals surface area contributed by atoms with Gasteiger partial charge in [-0.1, -0.05) is 74.5 Å². The Balaban J connectivity index is 2.14. The van der Waals surface area contributed by atoms with Gasteiger partial charge >= 0.3 is 0 Å². The molecule has 0 aromatic heterocycles. The minimum atomic E-state index is -0.543.